The van der Waals surface area contributed by atoms with Gasteiger partial charge in [0.1, 0.15) is 17.5 Å². The maximum Gasteiger partial charge on any atom is 0.228 e. The molecular weight excluding hydrogens is 300 g/mol. The second kappa shape index (κ2) is 6.16. The summed E-state index contributed by atoms with van der Waals surface area (Å²) in [5.74, 6) is -0.966. The Hall–Kier alpha value is -2.76. The summed E-state index contributed by atoms with van der Waals surface area (Å²) in [7, 11) is 0. The number of anilines is 1. The first-order chi connectivity index (χ1) is 11.0. The van der Waals surface area contributed by atoms with E-state index in [0.717, 1.165) is 41.0 Å². The predicted molar refractivity (Wildman–Crippen MR) is 84.2 cm³/mol. The van der Waals surface area contributed by atoms with Crippen molar-refractivity contribution in [3.8, 4) is 0 Å². The van der Waals surface area contributed by atoms with Gasteiger partial charge in [-0.3, -0.25) is 4.79 Å². The molecule has 0 unspecified atom stereocenters. The number of nitrogens with one attached hydrogen (secondary N) is 2. The van der Waals surface area contributed by atoms with E-state index in [2.05, 4.69) is 15.3 Å². The number of imidazole rings is 1. The monoisotopic (exact) mass is 315 g/mol. The molecule has 23 heavy (non-hydrogen) atoms. The van der Waals surface area contributed by atoms with E-state index in [0.29, 0.717) is 0 Å². The van der Waals surface area contributed by atoms with Crippen LogP contribution in [0.4, 0.5) is 14.5 Å². The van der Waals surface area contributed by atoms with Crippen molar-refractivity contribution >= 4 is 22.6 Å². The summed E-state index contributed by atoms with van der Waals surface area (Å²) in [6.07, 6.45) is 0.890. The molecule has 0 spiro atoms. The zero-order chi connectivity index (χ0) is 16.4. The van der Waals surface area contributed by atoms with Crippen molar-refractivity contribution in [3.05, 3.63) is 59.4 Å². The molecule has 1 heterocycles. The summed E-state index contributed by atoms with van der Waals surface area (Å²) in [5, 5.41) is 2.44. The maximum absolute atomic E-state index is 13.5. The third-order valence-corrected chi connectivity index (χ3v) is 3.50. The molecule has 118 valence electrons. The average Bonchev–Trinajstić information content (AvgIpc) is 2.92. The number of carbonyl (C=O) groups excluding carboxylic acids is 1. The molecule has 0 aliphatic heterocycles. The fourth-order valence-electron chi connectivity index (χ4n) is 2.36. The molecule has 0 aliphatic carbocycles. The van der Waals surface area contributed by atoms with Gasteiger partial charge in [-0.2, -0.15) is 0 Å². The minimum Gasteiger partial charge on any atom is -0.342 e. The first-order valence-corrected chi connectivity index (χ1v) is 7.27. The van der Waals surface area contributed by atoms with Crippen LogP contribution in [0.15, 0.2) is 36.4 Å². The lowest BCUT2D eigenvalue weighted by atomic mass is 10.1. The van der Waals surface area contributed by atoms with Gasteiger partial charge in [0.15, 0.2) is 0 Å². The molecule has 0 atom stereocenters. The summed E-state index contributed by atoms with van der Waals surface area (Å²) >= 11 is 0. The van der Waals surface area contributed by atoms with Gasteiger partial charge in [0.25, 0.3) is 0 Å². The molecule has 0 saturated heterocycles. The highest BCUT2D eigenvalue weighted by Gasteiger charge is 2.10. The first kappa shape index (κ1) is 15.1. The highest BCUT2D eigenvalue weighted by Crippen LogP contribution is 2.17. The van der Waals surface area contributed by atoms with E-state index >= 15 is 0 Å². The van der Waals surface area contributed by atoms with Gasteiger partial charge >= 0.3 is 0 Å². The Balaban J connectivity index is 1.74. The molecule has 0 radical (unpaired) electrons. The molecule has 3 rings (SSSR count). The quantitative estimate of drug-likeness (QED) is 0.773. The number of aromatic amines is 1. The number of aromatic nitrogens is 2. The van der Waals surface area contributed by atoms with E-state index in [9.17, 15) is 13.6 Å². The van der Waals surface area contributed by atoms with E-state index in [1.165, 1.54) is 6.07 Å². The second-order valence-corrected chi connectivity index (χ2v) is 5.24. The Bertz CT molecular complexity index is 873. The first-order valence-electron chi connectivity index (χ1n) is 7.27. The lowest BCUT2D eigenvalue weighted by Crippen LogP contribution is -2.15. The fraction of sp³-hybridized carbons (Fsp3) is 0.176. The van der Waals surface area contributed by atoms with E-state index in [4.69, 9.17) is 0 Å². The molecule has 2 N–H and O–H groups in total. The molecular formula is C17H15F2N3O. The summed E-state index contributed by atoms with van der Waals surface area (Å²) in [6.45, 7) is 2.00. The van der Waals surface area contributed by atoms with Crippen molar-refractivity contribution in [2.24, 2.45) is 0 Å². The molecule has 0 fully saturated rings. The molecule has 0 saturated carbocycles. The van der Waals surface area contributed by atoms with Crippen molar-refractivity contribution in [3.63, 3.8) is 0 Å². The van der Waals surface area contributed by atoms with Crippen LogP contribution in [0.1, 0.15) is 18.3 Å². The minimum absolute atomic E-state index is 0.0349. The van der Waals surface area contributed by atoms with E-state index in [-0.39, 0.29) is 18.0 Å². The van der Waals surface area contributed by atoms with E-state index in [1.54, 1.807) is 0 Å². The number of benzene rings is 2. The summed E-state index contributed by atoms with van der Waals surface area (Å²) in [6, 6.07) is 8.53. The van der Waals surface area contributed by atoms with Crippen molar-refractivity contribution in [2.75, 3.05) is 5.32 Å². The zero-order valence-corrected chi connectivity index (χ0v) is 12.5. The number of nitrogens with zero attached hydrogens (tertiary/aromatic N) is 1. The molecule has 0 aliphatic rings. The third-order valence-electron chi connectivity index (χ3n) is 3.50. The number of rotatable bonds is 4. The topological polar surface area (TPSA) is 57.8 Å². The number of hydrogen-bond donors (Lipinski definition) is 2. The SMILES string of the molecule is CCc1nc2ccc(CC(=O)Nc3ccc(F)cc3F)cc2[nH]1. The number of carbonyl (C=O) groups is 1. The normalized spacial score (nSPS) is 10.9. The summed E-state index contributed by atoms with van der Waals surface area (Å²) in [5.41, 5.74) is 2.45. The molecule has 0 bridgehead atoms. The number of aryl methyl sites for hydroxylation is 1. The number of H-pyrrole nitrogens is 1. The third kappa shape index (κ3) is 3.36. The molecule has 1 amide bonds. The van der Waals surface area contributed by atoms with E-state index in [1.807, 2.05) is 25.1 Å². The van der Waals surface area contributed by atoms with Crippen LogP contribution in [0.25, 0.3) is 11.0 Å². The largest absolute Gasteiger partial charge is 0.342 e. The van der Waals surface area contributed by atoms with Gasteiger partial charge in [-0.1, -0.05) is 13.0 Å². The smallest absolute Gasteiger partial charge is 0.228 e. The highest BCUT2D eigenvalue weighted by molar-refractivity contribution is 5.93. The highest BCUT2D eigenvalue weighted by atomic mass is 19.1. The van der Waals surface area contributed by atoms with E-state index < -0.39 is 11.6 Å². The van der Waals surface area contributed by atoms with Crippen LogP contribution in [-0.2, 0) is 17.6 Å². The summed E-state index contributed by atoms with van der Waals surface area (Å²) < 4.78 is 26.4. The lowest BCUT2D eigenvalue weighted by molar-refractivity contribution is -0.115. The minimum atomic E-state index is -0.796. The summed E-state index contributed by atoms with van der Waals surface area (Å²) in [4.78, 5) is 19.6. The molecule has 6 heteroatoms. The Morgan fingerprint density at radius 3 is 2.78 bits per heavy atom. The number of amides is 1. The van der Waals surface area contributed by atoms with Crippen molar-refractivity contribution in [2.45, 2.75) is 19.8 Å². The van der Waals surface area contributed by atoms with Gasteiger partial charge < -0.3 is 10.3 Å². The fourth-order valence-corrected chi connectivity index (χ4v) is 2.36. The van der Waals surface area contributed by atoms with Gasteiger partial charge in [-0.15, -0.1) is 0 Å². The van der Waals surface area contributed by atoms with Crippen LogP contribution < -0.4 is 5.32 Å². The predicted octanol–water partition coefficient (Wildman–Crippen LogP) is 3.58. The van der Waals surface area contributed by atoms with Gasteiger partial charge in [-0.05, 0) is 29.8 Å². The van der Waals surface area contributed by atoms with Crippen LogP contribution >= 0.6 is 0 Å². The Kier molecular flexibility index (Phi) is 4.06. The van der Waals surface area contributed by atoms with Gasteiger partial charge in [0, 0.05) is 12.5 Å². The van der Waals surface area contributed by atoms with Crippen LogP contribution in [0.2, 0.25) is 0 Å². The van der Waals surface area contributed by atoms with Crippen molar-refractivity contribution in [1.29, 1.82) is 0 Å². The standard InChI is InChI=1S/C17H15F2N3O/c1-2-16-20-14-5-3-10(7-15(14)21-16)8-17(23)22-13-6-4-11(18)9-12(13)19/h3-7,9H,2,8H2,1H3,(H,20,21)(H,22,23). The lowest BCUT2D eigenvalue weighted by Gasteiger charge is -2.06. The van der Waals surface area contributed by atoms with Crippen molar-refractivity contribution < 1.29 is 13.6 Å². The van der Waals surface area contributed by atoms with Crippen LogP contribution in [0, 0.1) is 11.6 Å². The van der Waals surface area contributed by atoms with Gasteiger partial charge in [0.2, 0.25) is 5.91 Å². The van der Waals surface area contributed by atoms with Crippen LogP contribution in [-0.4, -0.2) is 15.9 Å². The number of halogens is 2. The number of fused-ring (bicyclic) bond motifs is 1. The van der Waals surface area contributed by atoms with Crippen LogP contribution in [0.3, 0.4) is 0 Å². The van der Waals surface area contributed by atoms with Gasteiger partial charge in [0.05, 0.1) is 23.1 Å². The Labute approximate surface area is 131 Å². The van der Waals surface area contributed by atoms with Crippen LogP contribution in [0.5, 0.6) is 0 Å². The Morgan fingerprint density at radius 2 is 2.04 bits per heavy atom. The molecule has 3 aromatic rings. The molecule has 1 aromatic heterocycles. The zero-order valence-electron chi connectivity index (χ0n) is 12.5. The molecule has 2 aromatic carbocycles. The Morgan fingerprint density at radius 1 is 1.22 bits per heavy atom. The maximum atomic E-state index is 13.5. The number of hydrogen-bond acceptors (Lipinski definition) is 2. The second-order valence-electron chi connectivity index (χ2n) is 5.24. The van der Waals surface area contributed by atoms with Gasteiger partial charge in [-0.25, -0.2) is 13.8 Å². The average molecular weight is 315 g/mol. The van der Waals surface area contributed by atoms with Crippen molar-refractivity contribution in [1.82, 2.24) is 9.97 Å². The molecule has 4 nitrogen and oxygen atoms in total.